The first-order chi connectivity index (χ1) is 15.8. The maximum atomic E-state index is 13.1. The average Bonchev–Trinajstić information content (AvgIpc) is 2.77. The van der Waals surface area contributed by atoms with E-state index < -0.39 is 0 Å². The minimum Gasteiger partial charge on any atom is -0.493 e. The molecule has 0 saturated carbocycles. The Kier molecular flexibility index (Phi) is 8.79. The van der Waals surface area contributed by atoms with E-state index in [1.165, 1.54) is 37.2 Å². The van der Waals surface area contributed by atoms with Crippen LogP contribution in [0.15, 0.2) is 57.2 Å². The fourth-order valence-electron chi connectivity index (χ4n) is 2.79. The van der Waals surface area contributed by atoms with Crippen LogP contribution in [0.4, 0.5) is 4.39 Å². The molecule has 2 aromatic carbocycles. The Morgan fingerprint density at radius 3 is 2.55 bits per heavy atom. The molecular weight excluding hydrogens is 511 g/mol. The van der Waals surface area contributed by atoms with Crippen molar-refractivity contribution in [2.45, 2.75) is 25.6 Å². The number of rotatable bonds is 9. The van der Waals surface area contributed by atoms with E-state index >= 15 is 0 Å². The molecule has 33 heavy (non-hydrogen) atoms. The van der Waals surface area contributed by atoms with Gasteiger partial charge in [0.1, 0.15) is 12.4 Å². The van der Waals surface area contributed by atoms with Crippen molar-refractivity contribution in [1.82, 2.24) is 15.4 Å². The molecule has 0 bridgehead atoms. The molecular formula is C23H22BrFN4O3S. The van der Waals surface area contributed by atoms with Crippen molar-refractivity contribution < 1.29 is 18.7 Å². The van der Waals surface area contributed by atoms with E-state index in [4.69, 9.17) is 9.47 Å². The molecule has 10 heteroatoms. The molecule has 1 N–H and O–H groups in total. The van der Waals surface area contributed by atoms with Gasteiger partial charge >= 0.3 is 0 Å². The van der Waals surface area contributed by atoms with Gasteiger partial charge in [-0.3, -0.25) is 4.79 Å². The highest BCUT2D eigenvalue weighted by Gasteiger charge is 2.12. The molecule has 7 nitrogen and oxygen atoms in total. The van der Waals surface area contributed by atoms with Crippen LogP contribution in [0.5, 0.6) is 11.5 Å². The van der Waals surface area contributed by atoms with Gasteiger partial charge in [-0.2, -0.15) is 5.10 Å². The van der Waals surface area contributed by atoms with Crippen LogP contribution < -0.4 is 14.9 Å². The summed E-state index contributed by atoms with van der Waals surface area (Å²) < 4.78 is 25.0. The molecule has 0 aliphatic heterocycles. The highest BCUT2D eigenvalue weighted by atomic mass is 79.9. The number of methoxy groups -OCH3 is 1. The van der Waals surface area contributed by atoms with E-state index in [-0.39, 0.29) is 24.1 Å². The number of aromatic nitrogens is 2. The SMILES string of the molecule is COc1cc(/C=N\NC(=O)CSc2nc(C)cc(C)n2)cc(Br)c1OCc1ccc(F)cc1. The minimum atomic E-state index is -0.301. The Hall–Kier alpha value is -2.98. The number of thioether (sulfide) groups is 1. The summed E-state index contributed by atoms with van der Waals surface area (Å²) in [5.74, 6) is 0.563. The molecule has 0 spiro atoms. The topological polar surface area (TPSA) is 85.7 Å². The number of benzene rings is 2. The number of carbonyl (C=O) groups excluding carboxylic acids is 1. The molecule has 0 radical (unpaired) electrons. The number of hydrogen-bond donors (Lipinski definition) is 1. The van der Waals surface area contributed by atoms with E-state index in [2.05, 4.69) is 36.4 Å². The summed E-state index contributed by atoms with van der Waals surface area (Å²) in [6.45, 7) is 4.02. The van der Waals surface area contributed by atoms with Gasteiger partial charge in [0.25, 0.3) is 5.91 Å². The summed E-state index contributed by atoms with van der Waals surface area (Å²) in [5.41, 5.74) is 5.71. The van der Waals surface area contributed by atoms with Gasteiger partial charge in [0.05, 0.1) is 23.5 Å². The van der Waals surface area contributed by atoms with Crippen molar-refractivity contribution in [3.8, 4) is 11.5 Å². The molecule has 0 unspecified atom stereocenters. The van der Waals surface area contributed by atoms with Crippen molar-refractivity contribution in [2.24, 2.45) is 5.10 Å². The molecule has 0 aliphatic rings. The number of aryl methyl sites for hydroxylation is 2. The Labute approximate surface area is 203 Å². The first-order valence-electron chi connectivity index (χ1n) is 9.86. The molecule has 0 atom stereocenters. The van der Waals surface area contributed by atoms with E-state index in [1.54, 1.807) is 24.3 Å². The minimum absolute atomic E-state index is 0.142. The number of halogens is 2. The third-order valence-corrected chi connectivity index (χ3v) is 5.68. The van der Waals surface area contributed by atoms with Crippen LogP contribution in [0.2, 0.25) is 0 Å². The van der Waals surface area contributed by atoms with E-state index in [9.17, 15) is 9.18 Å². The monoisotopic (exact) mass is 532 g/mol. The van der Waals surface area contributed by atoms with E-state index in [0.717, 1.165) is 17.0 Å². The van der Waals surface area contributed by atoms with Crippen LogP contribution in [0.25, 0.3) is 0 Å². The van der Waals surface area contributed by atoms with Crippen molar-refractivity contribution in [3.63, 3.8) is 0 Å². The highest BCUT2D eigenvalue weighted by Crippen LogP contribution is 2.36. The summed E-state index contributed by atoms with van der Waals surface area (Å²) >= 11 is 4.72. The predicted molar refractivity (Wildman–Crippen MR) is 129 cm³/mol. The number of nitrogens with zero attached hydrogens (tertiary/aromatic N) is 3. The zero-order valence-electron chi connectivity index (χ0n) is 18.3. The zero-order chi connectivity index (χ0) is 23.8. The van der Waals surface area contributed by atoms with Crippen LogP contribution in [0.1, 0.15) is 22.5 Å². The zero-order valence-corrected chi connectivity index (χ0v) is 20.7. The molecule has 3 aromatic rings. The smallest absolute Gasteiger partial charge is 0.250 e. The summed E-state index contributed by atoms with van der Waals surface area (Å²) in [6, 6.07) is 11.5. The molecule has 1 heterocycles. The van der Waals surface area contributed by atoms with Gasteiger partial charge < -0.3 is 9.47 Å². The van der Waals surface area contributed by atoms with Crippen molar-refractivity contribution in [2.75, 3.05) is 12.9 Å². The first kappa shape index (κ1) is 24.7. The summed E-state index contributed by atoms with van der Waals surface area (Å²) in [4.78, 5) is 20.7. The molecule has 3 rings (SSSR count). The van der Waals surface area contributed by atoms with Gasteiger partial charge in [0.15, 0.2) is 16.7 Å². The number of nitrogens with one attached hydrogen (secondary N) is 1. The lowest BCUT2D eigenvalue weighted by Gasteiger charge is -2.13. The number of hydrogen-bond acceptors (Lipinski definition) is 7. The molecule has 0 fully saturated rings. The Balaban J connectivity index is 1.58. The summed E-state index contributed by atoms with van der Waals surface area (Å²) in [5, 5.41) is 4.56. The lowest BCUT2D eigenvalue weighted by molar-refractivity contribution is -0.118. The van der Waals surface area contributed by atoms with Gasteiger partial charge in [-0.25, -0.2) is 19.8 Å². The lowest BCUT2D eigenvalue weighted by atomic mass is 10.2. The van der Waals surface area contributed by atoms with Crippen LogP contribution in [-0.2, 0) is 11.4 Å². The molecule has 1 aromatic heterocycles. The van der Waals surface area contributed by atoms with E-state index in [1.807, 2.05) is 19.9 Å². The molecule has 0 aliphatic carbocycles. The maximum Gasteiger partial charge on any atom is 0.250 e. The third-order valence-electron chi connectivity index (χ3n) is 4.25. The van der Waals surface area contributed by atoms with Gasteiger partial charge in [-0.05, 0) is 71.2 Å². The predicted octanol–water partition coefficient (Wildman–Crippen LogP) is 4.83. The van der Waals surface area contributed by atoms with Crippen molar-refractivity contribution in [1.29, 1.82) is 0 Å². The van der Waals surface area contributed by atoms with Gasteiger partial charge in [0, 0.05) is 11.4 Å². The standard InChI is InChI=1S/C23H22BrFN4O3S/c1-14-8-15(2)28-23(27-14)33-13-21(30)29-26-11-17-9-19(24)22(20(10-17)31-3)32-12-16-4-6-18(25)7-5-16/h4-11H,12-13H2,1-3H3,(H,29,30)/b26-11-. The molecule has 172 valence electrons. The second kappa shape index (κ2) is 11.8. The number of carbonyl (C=O) groups is 1. The van der Waals surface area contributed by atoms with E-state index in [0.29, 0.717) is 26.7 Å². The number of ether oxygens (including phenoxy) is 2. The average molecular weight is 533 g/mol. The highest BCUT2D eigenvalue weighted by molar-refractivity contribution is 9.10. The fourth-order valence-corrected chi connectivity index (χ4v) is 4.11. The number of hydrazone groups is 1. The van der Waals surface area contributed by atoms with Gasteiger partial charge in [-0.1, -0.05) is 23.9 Å². The fraction of sp³-hybridized carbons (Fsp3) is 0.217. The maximum absolute atomic E-state index is 13.1. The van der Waals surface area contributed by atoms with Crippen LogP contribution in [0, 0.1) is 19.7 Å². The second-order valence-electron chi connectivity index (χ2n) is 6.96. The lowest BCUT2D eigenvalue weighted by Crippen LogP contribution is -2.19. The summed E-state index contributed by atoms with van der Waals surface area (Å²) in [6.07, 6.45) is 1.51. The largest absolute Gasteiger partial charge is 0.493 e. The second-order valence-corrected chi connectivity index (χ2v) is 8.76. The van der Waals surface area contributed by atoms with Crippen molar-refractivity contribution >= 4 is 39.8 Å². The molecule has 0 saturated heterocycles. The first-order valence-corrected chi connectivity index (χ1v) is 11.6. The number of amides is 1. The van der Waals surface area contributed by atoms with Gasteiger partial charge in [0.2, 0.25) is 0 Å². The summed E-state index contributed by atoms with van der Waals surface area (Å²) in [7, 11) is 1.53. The van der Waals surface area contributed by atoms with Crippen LogP contribution in [-0.4, -0.2) is 35.0 Å². The molecule has 1 amide bonds. The normalized spacial score (nSPS) is 10.9. The van der Waals surface area contributed by atoms with Gasteiger partial charge in [-0.15, -0.1) is 0 Å². The third kappa shape index (κ3) is 7.54. The Morgan fingerprint density at radius 1 is 1.18 bits per heavy atom. The quantitative estimate of drug-likeness (QED) is 0.184. The Morgan fingerprint density at radius 2 is 1.88 bits per heavy atom. The van der Waals surface area contributed by atoms with Crippen LogP contribution >= 0.6 is 27.7 Å². The van der Waals surface area contributed by atoms with Crippen LogP contribution in [0.3, 0.4) is 0 Å². The Bertz CT molecular complexity index is 1140. The van der Waals surface area contributed by atoms with Crippen molar-refractivity contribution in [3.05, 3.63) is 75.3 Å².